The van der Waals surface area contributed by atoms with Gasteiger partial charge in [-0.05, 0) is 19.8 Å². The van der Waals surface area contributed by atoms with Gasteiger partial charge in [-0.25, -0.2) is 0 Å². The highest BCUT2D eigenvalue weighted by atomic mass is 19.4. The zero-order valence-corrected chi connectivity index (χ0v) is 16.7. The number of aliphatic imine (C=N–C) groups is 1. The first-order valence-electron chi connectivity index (χ1n) is 10.0. The number of carbonyl (C=O) groups is 1. The highest BCUT2D eigenvalue weighted by molar-refractivity contribution is 5.81. The molecule has 0 aromatic rings. The van der Waals surface area contributed by atoms with Gasteiger partial charge in [0.1, 0.15) is 18.1 Å². The highest BCUT2D eigenvalue weighted by Crippen LogP contribution is 2.49. The van der Waals surface area contributed by atoms with Gasteiger partial charge in [-0.3, -0.25) is 15.1 Å². The number of nitrogens with one attached hydrogen (secondary N) is 1. The van der Waals surface area contributed by atoms with Crippen LogP contribution in [0.1, 0.15) is 26.7 Å². The average molecular weight is 432 g/mol. The number of hydrogen-bond donors (Lipinski definition) is 4. The standard InChI is InChI=1S/C18H27F3N6O3/c1-8-13(30-14(28)10-3-5-11(6-4-10)18(19,20)21)9(2)26-15(22)24-7-12-17(8,26)27(29)16(23)25-12/h3,5,8-13,16,25,29H,4,6-7,23H2,1-2H3,(H2,22,24). The van der Waals surface area contributed by atoms with Crippen molar-refractivity contribution in [2.24, 2.45) is 34.2 Å². The number of guanidine groups is 1. The number of esters is 1. The van der Waals surface area contributed by atoms with Crippen molar-refractivity contribution in [2.45, 2.75) is 63.0 Å². The molecule has 0 bridgehead atoms. The Morgan fingerprint density at radius 2 is 2.07 bits per heavy atom. The van der Waals surface area contributed by atoms with Gasteiger partial charge in [0.25, 0.3) is 0 Å². The molecular formula is C18H27F3N6O3. The van der Waals surface area contributed by atoms with E-state index in [9.17, 15) is 23.2 Å². The van der Waals surface area contributed by atoms with Gasteiger partial charge >= 0.3 is 12.1 Å². The van der Waals surface area contributed by atoms with Crippen LogP contribution < -0.4 is 16.8 Å². The second kappa shape index (κ2) is 7.08. The predicted molar refractivity (Wildman–Crippen MR) is 99.5 cm³/mol. The molecule has 3 heterocycles. The Labute approximate surface area is 171 Å². The van der Waals surface area contributed by atoms with E-state index in [4.69, 9.17) is 16.2 Å². The van der Waals surface area contributed by atoms with Crippen molar-refractivity contribution < 1.29 is 27.9 Å². The molecule has 1 spiro atoms. The zero-order chi connectivity index (χ0) is 22.0. The average Bonchev–Trinajstić information content (AvgIpc) is 3.08. The smallest absolute Gasteiger partial charge is 0.395 e. The van der Waals surface area contributed by atoms with Gasteiger partial charge in [-0.1, -0.05) is 19.1 Å². The molecule has 0 aromatic carbocycles. The summed E-state index contributed by atoms with van der Waals surface area (Å²) in [7, 11) is 0. The van der Waals surface area contributed by atoms with Crippen LogP contribution in [0.2, 0.25) is 0 Å². The summed E-state index contributed by atoms with van der Waals surface area (Å²) in [5.41, 5.74) is 11.1. The van der Waals surface area contributed by atoms with Crippen LogP contribution >= 0.6 is 0 Å². The SMILES string of the molecule is CC1C(OC(=O)C2C=CC(C(F)(F)F)CC2)C(C)C23C(CN=C(N)N12)NC(N)N3O. The number of hydrogen-bond acceptors (Lipinski definition) is 9. The second-order valence-corrected chi connectivity index (χ2v) is 8.51. The summed E-state index contributed by atoms with van der Waals surface area (Å²) < 4.78 is 44.4. The summed E-state index contributed by atoms with van der Waals surface area (Å²) >= 11 is 0. The lowest BCUT2D eigenvalue weighted by molar-refractivity contribution is -0.225. The first kappa shape index (κ1) is 21.3. The first-order chi connectivity index (χ1) is 14.0. The van der Waals surface area contributed by atoms with Crippen LogP contribution in [0.15, 0.2) is 17.1 Å². The van der Waals surface area contributed by atoms with Crippen LogP contribution in [0.3, 0.4) is 0 Å². The molecule has 4 rings (SSSR count). The van der Waals surface area contributed by atoms with E-state index < -0.39 is 54.0 Å². The molecule has 0 amide bonds. The molecule has 0 radical (unpaired) electrons. The Morgan fingerprint density at radius 1 is 1.37 bits per heavy atom. The van der Waals surface area contributed by atoms with Crippen LogP contribution in [0, 0.1) is 17.8 Å². The number of alkyl halides is 3. The minimum atomic E-state index is -4.31. The summed E-state index contributed by atoms with van der Waals surface area (Å²) in [6.45, 7) is 3.94. The van der Waals surface area contributed by atoms with E-state index in [2.05, 4.69) is 10.3 Å². The number of carbonyl (C=O) groups excluding carboxylic acids is 1. The fraction of sp³-hybridized carbons (Fsp3) is 0.778. The molecule has 8 atom stereocenters. The fourth-order valence-electron chi connectivity index (χ4n) is 5.49. The Morgan fingerprint density at radius 3 is 2.67 bits per heavy atom. The quantitative estimate of drug-likeness (QED) is 0.363. The lowest BCUT2D eigenvalue weighted by Crippen LogP contribution is -2.69. The summed E-state index contributed by atoms with van der Waals surface area (Å²) in [5.74, 6) is -3.06. The van der Waals surface area contributed by atoms with Gasteiger partial charge in [-0.2, -0.15) is 13.2 Å². The van der Waals surface area contributed by atoms with Gasteiger partial charge in [0.15, 0.2) is 5.96 Å². The molecule has 2 fully saturated rings. The number of nitrogens with zero attached hydrogens (tertiary/aromatic N) is 3. The molecular weight excluding hydrogens is 405 g/mol. The van der Waals surface area contributed by atoms with Crippen LogP contribution in [-0.2, 0) is 9.53 Å². The number of nitrogens with two attached hydrogens (primary N) is 2. The Balaban J connectivity index is 1.55. The van der Waals surface area contributed by atoms with E-state index in [-0.39, 0.29) is 24.8 Å². The number of halogens is 3. The molecule has 6 N–H and O–H groups in total. The largest absolute Gasteiger partial charge is 0.459 e. The van der Waals surface area contributed by atoms with Gasteiger partial charge in [-0.15, -0.1) is 5.06 Å². The van der Waals surface area contributed by atoms with E-state index in [1.807, 2.05) is 13.8 Å². The number of allylic oxidation sites excluding steroid dienone is 1. The maximum absolute atomic E-state index is 12.9. The number of hydroxylamine groups is 2. The third kappa shape index (κ3) is 2.92. The van der Waals surface area contributed by atoms with Gasteiger partial charge in [0.2, 0.25) is 0 Å². The van der Waals surface area contributed by atoms with Gasteiger partial charge < -0.3 is 26.3 Å². The summed E-state index contributed by atoms with van der Waals surface area (Å²) in [5, 5.41) is 14.9. The van der Waals surface area contributed by atoms with E-state index in [0.29, 0.717) is 6.54 Å². The molecule has 0 saturated carbocycles. The lowest BCUT2D eigenvalue weighted by atomic mass is 9.85. The van der Waals surface area contributed by atoms with Crippen molar-refractivity contribution in [2.75, 3.05) is 6.54 Å². The highest BCUT2D eigenvalue weighted by Gasteiger charge is 2.69. The minimum absolute atomic E-state index is 0.0641. The molecule has 12 heteroatoms. The Hall–Kier alpha value is -1.89. The van der Waals surface area contributed by atoms with E-state index in [1.165, 1.54) is 6.08 Å². The molecule has 8 unspecified atom stereocenters. The predicted octanol–water partition coefficient (Wildman–Crippen LogP) is 0.313. The number of rotatable bonds is 2. The molecule has 30 heavy (non-hydrogen) atoms. The molecule has 2 saturated heterocycles. The van der Waals surface area contributed by atoms with Crippen LogP contribution in [-0.4, -0.2) is 70.0 Å². The molecule has 168 valence electrons. The zero-order valence-electron chi connectivity index (χ0n) is 16.7. The van der Waals surface area contributed by atoms with Crippen LogP contribution in [0.5, 0.6) is 0 Å². The normalized spacial score (nSPS) is 43.9. The number of ether oxygens (including phenoxy) is 1. The molecule has 1 aliphatic carbocycles. The minimum Gasteiger partial charge on any atom is -0.459 e. The Kier molecular flexibility index (Phi) is 5.03. The maximum Gasteiger partial charge on any atom is 0.395 e. The third-order valence-corrected chi connectivity index (χ3v) is 6.97. The molecule has 9 nitrogen and oxygen atoms in total. The summed E-state index contributed by atoms with van der Waals surface area (Å²) in [6, 6.07) is -0.763. The monoisotopic (exact) mass is 432 g/mol. The second-order valence-electron chi connectivity index (χ2n) is 8.51. The van der Waals surface area contributed by atoms with Gasteiger partial charge in [0, 0.05) is 5.92 Å². The molecule has 0 aromatic heterocycles. The first-order valence-corrected chi connectivity index (χ1v) is 10.0. The third-order valence-electron chi connectivity index (χ3n) is 6.97. The topological polar surface area (TPSA) is 129 Å². The van der Waals surface area contributed by atoms with Crippen molar-refractivity contribution in [3.8, 4) is 0 Å². The maximum atomic E-state index is 12.9. The van der Waals surface area contributed by atoms with Crippen LogP contribution in [0.25, 0.3) is 0 Å². The van der Waals surface area contributed by atoms with Crippen molar-refractivity contribution in [1.82, 2.24) is 15.3 Å². The molecule has 3 aliphatic heterocycles. The van der Waals surface area contributed by atoms with E-state index in [1.54, 1.807) is 4.90 Å². The van der Waals surface area contributed by atoms with Crippen LogP contribution in [0.4, 0.5) is 13.2 Å². The lowest BCUT2D eigenvalue weighted by Gasteiger charge is -2.48. The van der Waals surface area contributed by atoms with E-state index in [0.717, 1.165) is 11.1 Å². The van der Waals surface area contributed by atoms with Crippen molar-refractivity contribution in [3.05, 3.63) is 12.2 Å². The molecule has 4 aliphatic rings. The fourth-order valence-corrected chi connectivity index (χ4v) is 5.49. The summed E-state index contributed by atoms with van der Waals surface area (Å²) in [6.07, 6.45) is -3.60. The van der Waals surface area contributed by atoms with Crippen molar-refractivity contribution in [1.29, 1.82) is 0 Å². The Bertz CT molecular complexity index is 777. The summed E-state index contributed by atoms with van der Waals surface area (Å²) in [4.78, 5) is 18.8. The van der Waals surface area contributed by atoms with E-state index >= 15 is 0 Å². The van der Waals surface area contributed by atoms with Gasteiger partial charge in [0.05, 0.1) is 30.5 Å². The van der Waals surface area contributed by atoms with Crippen molar-refractivity contribution in [3.63, 3.8) is 0 Å². The van der Waals surface area contributed by atoms with Crippen molar-refractivity contribution >= 4 is 11.9 Å².